The summed E-state index contributed by atoms with van der Waals surface area (Å²) in [6.07, 6.45) is -4.49. The summed E-state index contributed by atoms with van der Waals surface area (Å²) in [5.74, 6) is -2.18. The maximum Gasteiger partial charge on any atom is 0.370 e. The molecule has 1 amide bonds. The summed E-state index contributed by atoms with van der Waals surface area (Å²) >= 11 is 0. The van der Waals surface area contributed by atoms with Gasteiger partial charge in [-0.1, -0.05) is 13.8 Å². The molecule has 0 bridgehead atoms. The van der Waals surface area contributed by atoms with Crippen LogP contribution in [0, 0.1) is 5.92 Å². The summed E-state index contributed by atoms with van der Waals surface area (Å²) in [7, 11) is 0. The summed E-state index contributed by atoms with van der Waals surface area (Å²) in [6.45, 7) is 3.09. The number of amides is 1. The molecule has 0 aromatic rings. The number of carboxylic acids is 1. The van der Waals surface area contributed by atoms with Crippen molar-refractivity contribution < 1.29 is 39.9 Å². The standard InChI is InChI=1S/C15H25NO8/c1-7(2)3-4-11(20)16-12-8(18)5-10(15(22)23)24-14(12)13(21)9(19)6-17/h5,7-9,12-14,17-19,21H,3-4,6H2,1-2H3,(H,16,20)(H,22,23)/t8?,9?,12-,13?,14?/m1/s1. The van der Waals surface area contributed by atoms with Gasteiger partial charge in [0.2, 0.25) is 11.7 Å². The van der Waals surface area contributed by atoms with Crippen molar-refractivity contribution in [3.8, 4) is 0 Å². The highest BCUT2D eigenvalue weighted by atomic mass is 16.5. The lowest BCUT2D eigenvalue weighted by Crippen LogP contribution is -2.60. The average molecular weight is 347 g/mol. The summed E-state index contributed by atoms with van der Waals surface area (Å²) < 4.78 is 5.11. The number of hydrogen-bond acceptors (Lipinski definition) is 7. The van der Waals surface area contributed by atoms with Crippen LogP contribution in [0.1, 0.15) is 26.7 Å². The molecule has 1 rings (SSSR count). The van der Waals surface area contributed by atoms with E-state index in [0.29, 0.717) is 12.3 Å². The highest BCUT2D eigenvalue weighted by Gasteiger charge is 2.43. The fourth-order valence-electron chi connectivity index (χ4n) is 2.29. The molecule has 1 aliphatic rings. The molecule has 6 N–H and O–H groups in total. The molecule has 0 radical (unpaired) electrons. The zero-order chi connectivity index (χ0) is 18.4. The molecule has 138 valence electrons. The van der Waals surface area contributed by atoms with Crippen molar-refractivity contribution in [2.75, 3.05) is 6.61 Å². The second-order valence-electron chi connectivity index (χ2n) is 6.18. The van der Waals surface area contributed by atoms with Gasteiger partial charge in [0.15, 0.2) is 6.10 Å². The largest absolute Gasteiger partial charge is 0.478 e. The minimum Gasteiger partial charge on any atom is -0.478 e. The number of aliphatic hydroxyl groups excluding tert-OH is 4. The Morgan fingerprint density at radius 3 is 2.46 bits per heavy atom. The lowest BCUT2D eigenvalue weighted by Gasteiger charge is -2.38. The van der Waals surface area contributed by atoms with Crippen LogP contribution in [-0.4, -0.2) is 74.5 Å². The van der Waals surface area contributed by atoms with Crippen LogP contribution in [0.2, 0.25) is 0 Å². The molecule has 9 heteroatoms. The Hall–Kier alpha value is -1.68. The number of carboxylic acid groups (broad SMARTS) is 1. The predicted octanol–water partition coefficient (Wildman–Crippen LogP) is -1.65. The van der Waals surface area contributed by atoms with Crippen molar-refractivity contribution in [3.05, 3.63) is 11.8 Å². The first-order valence-electron chi connectivity index (χ1n) is 7.73. The number of ether oxygens (including phenoxy) is 1. The second kappa shape index (κ2) is 8.97. The number of hydrogen-bond donors (Lipinski definition) is 6. The van der Waals surface area contributed by atoms with Crippen molar-refractivity contribution in [1.82, 2.24) is 5.32 Å². The molecule has 1 aliphatic heterocycles. The van der Waals surface area contributed by atoms with Crippen LogP contribution in [0.15, 0.2) is 11.8 Å². The zero-order valence-electron chi connectivity index (χ0n) is 13.6. The van der Waals surface area contributed by atoms with Gasteiger partial charge < -0.3 is 35.6 Å². The van der Waals surface area contributed by atoms with E-state index >= 15 is 0 Å². The Labute approximate surface area is 139 Å². The normalized spacial score (nSPS) is 26.3. The van der Waals surface area contributed by atoms with Crippen LogP contribution in [0.25, 0.3) is 0 Å². The van der Waals surface area contributed by atoms with Crippen molar-refractivity contribution in [1.29, 1.82) is 0 Å². The molecule has 9 nitrogen and oxygen atoms in total. The Morgan fingerprint density at radius 2 is 1.96 bits per heavy atom. The second-order valence-corrected chi connectivity index (χ2v) is 6.18. The average Bonchev–Trinajstić information content (AvgIpc) is 2.52. The highest BCUT2D eigenvalue weighted by molar-refractivity contribution is 5.84. The molecule has 5 atom stereocenters. The van der Waals surface area contributed by atoms with E-state index in [0.717, 1.165) is 6.08 Å². The molecule has 1 heterocycles. The summed E-state index contributed by atoms with van der Waals surface area (Å²) in [6, 6.07) is -1.16. The number of nitrogens with one attached hydrogen (secondary N) is 1. The molecule has 0 spiro atoms. The molecule has 0 fully saturated rings. The molecule has 0 aromatic heterocycles. The van der Waals surface area contributed by atoms with Crippen molar-refractivity contribution in [2.24, 2.45) is 5.92 Å². The van der Waals surface area contributed by atoms with Gasteiger partial charge in [0, 0.05) is 6.42 Å². The first-order valence-corrected chi connectivity index (χ1v) is 7.73. The van der Waals surface area contributed by atoms with Gasteiger partial charge in [-0.05, 0) is 18.4 Å². The quantitative estimate of drug-likeness (QED) is 0.305. The Balaban J connectivity index is 2.94. The van der Waals surface area contributed by atoms with E-state index in [1.807, 2.05) is 13.8 Å². The highest BCUT2D eigenvalue weighted by Crippen LogP contribution is 2.23. The minimum absolute atomic E-state index is 0.182. The predicted molar refractivity (Wildman–Crippen MR) is 81.7 cm³/mol. The summed E-state index contributed by atoms with van der Waals surface area (Å²) in [4.78, 5) is 23.0. The number of carbonyl (C=O) groups excluding carboxylic acids is 1. The van der Waals surface area contributed by atoms with E-state index < -0.39 is 54.7 Å². The first kappa shape index (κ1) is 20.4. The third-order valence-electron chi connectivity index (χ3n) is 3.71. The molecule has 0 saturated carbocycles. The third kappa shape index (κ3) is 5.45. The molecule has 0 saturated heterocycles. The molecular formula is C15H25NO8. The zero-order valence-corrected chi connectivity index (χ0v) is 13.6. The van der Waals surface area contributed by atoms with Crippen LogP contribution in [0.3, 0.4) is 0 Å². The SMILES string of the molecule is CC(C)CCC(=O)N[C@@H]1C(O)C=C(C(=O)O)OC1C(O)C(O)CO. The van der Waals surface area contributed by atoms with E-state index in [1.165, 1.54) is 0 Å². The van der Waals surface area contributed by atoms with Gasteiger partial charge in [-0.3, -0.25) is 4.79 Å². The van der Waals surface area contributed by atoms with Crippen LogP contribution >= 0.6 is 0 Å². The van der Waals surface area contributed by atoms with Gasteiger partial charge >= 0.3 is 5.97 Å². The maximum absolute atomic E-state index is 12.0. The Bertz CT molecular complexity index is 478. The van der Waals surface area contributed by atoms with E-state index in [2.05, 4.69) is 5.32 Å². The van der Waals surface area contributed by atoms with Gasteiger partial charge in [0.25, 0.3) is 0 Å². The van der Waals surface area contributed by atoms with E-state index in [9.17, 15) is 24.9 Å². The topological polar surface area (TPSA) is 157 Å². The van der Waals surface area contributed by atoms with Crippen molar-refractivity contribution >= 4 is 11.9 Å². The van der Waals surface area contributed by atoms with Gasteiger partial charge in [-0.15, -0.1) is 0 Å². The number of carbonyl (C=O) groups is 2. The molecular weight excluding hydrogens is 322 g/mol. The van der Waals surface area contributed by atoms with Crippen molar-refractivity contribution in [3.63, 3.8) is 0 Å². The number of rotatable bonds is 8. The van der Waals surface area contributed by atoms with Crippen LogP contribution in [-0.2, 0) is 14.3 Å². The van der Waals surface area contributed by atoms with Crippen LogP contribution in [0.5, 0.6) is 0 Å². The minimum atomic E-state index is -1.71. The van der Waals surface area contributed by atoms with Gasteiger partial charge in [-0.25, -0.2) is 4.79 Å². The monoisotopic (exact) mass is 347 g/mol. The summed E-state index contributed by atoms with van der Waals surface area (Å²) in [5, 5.41) is 50.1. The van der Waals surface area contributed by atoms with Gasteiger partial charge in [0.05, 0.1) is 12.6 Å². The van der Waals surface area contributed by atoms with Crippen LogP contribution in [0.4, 0.5) is 0 Å². The fraction of sp³-hybridized carbons (Fsp3) is 0.733. The van der Waals surface area contributed by atoms with E-state index in [-0.39, 0.29) is 6.42 Å². The lowest BCUT2D eigenvalue weighted by molar-refractivity contribution is -0.149. The smallest absolute Gasteiger partial charge is 0.370 e. The third-order valence-corrected chi connectivity index (χ3v) is 3.71. The van der Waals surface area contributed by atoms with Gasteiger partial charge in [0.1, 0.15) is 18.3 Å². The lowest BCUT2D eigenvalue weighted by atomic mass is 9.93. The molecule has 0 aliphatic carbocycles. The maximum atomic E-state index is 12.0. The first-order chi connectivity index (χ1) is 11.2. The summed E-state index contributed by atoms with van der Waals surface area (Å²) in [5.41, 5.74) is 0. The fourth-order valence-corrected chi connectivity index (χ4v) is 2.29. The van der Waals surface area contributed by atoms with Crippen molar-refractivity contribution in [2.45, 2.75) is 57.1 Å². The number of aliphatic hydroxyl groups is 4. The molecule has 24 heavy (non-hydrogen) atoms. The van der Waals surface area contributed by atoms with E-state index in [1.54, 1.807) is 0 Å². The number of aliphatic carboxylic acids is 1. The molecule has 4 unspecified atom stereocenters. The van der Waals surface area contributed by atoms with E-state index in [4.69, 9.17) is 14.9 Å². The Kier molecular flexibility index (Phi) is 7.61. The van der Waals surface area contributed by atoms with Gasteiger partial charge in [-0.2, -0.15) is 0 Å². The Morgan fingerprint density at radius 1 is 1.33 bits per heavy atom. The molecule has 0 aromatic carbocycles. The van der Waals surface area contributed by atoms with Crippen LogP contribution < -0.4 is 5.32 Å².